The molecule has 1 aromatic rings. The molecule has 1 unspecified atom stereocenters. The third-order valence-electron chi connectivity index (χ3n) is 2.64. The van der Waals surface area contributed by atoms with Crippen LogP contribution in [0.15, 0.2) is 12.1 Å². The van der Waals surface area contributed by atoms with Crippen LogP contribution in [0.1, 0.15) is 23.4 Å². The number of nitrogens with zero attached hydrogens (tertiary/aromatic N) is 1. The molecule has 0 bridgehead atoms. The van der Waals surface area contributed by atoms with Crippen molar-refractivity contribution in [2.75, 3.05) is 13.1 Å². The molecule has 1 aromatic heterocycles. The second-order valence-electron chi connectivity index (χ2n) is 4.18. The number of nitrogens with one attached hydrogen (secondary N) is 1. The molecule has 2 rings (SSSR count). The molecule has 1 saturated heterocycles. The molecule has 0 spiro atoms. The Labute approximate surface area is 90.9 Å². The van der Waals surface area contributed by atoms with Gasteiger partial charge in [0.05, 0.1) is 12.7 Å². The minimum atomic E-state index is 0.388. The molecule has 1 aliphatic heterocycles. The fraction of sp³-hybridized carbons (Fsp3) is 0.583. The number of pyridine rings is 1. The van der Waals surface area contributed by atoms with Crippen LogP contribution in [0.2, 0.25) is 0 Å². The first-order valence-corrected chi connectivity index (χ1v) is 5.50. The van der Waals surface area contributed by atoms with Crippen LogP contribution in [0.3, 0.4) is 0 Å². The van der Waals surface area contributed by atoms with Crippen LogP contribution >= 0.6 is 0 Å². The van der Waals surface area contributed by atoms with Gasteiger partial charge >= 0.3 is 0 Å². The van der Waals surface area contributed by atoms with Gasteiger partial charge in [-0.3, -0.25) is 4.98 Å². The Morgan fingerprint density at radius 1 is 1.40 bits per heavy atom. The molecule has 15 heavy (non-hydrogen) atoms. The first-order chi connectivity index (χ1) is 7.24. The highest BCUT2D eigenvalue weighted by Gasteiger charge is 2.14. The van der Waals surface area contributed by atoms with Gasteiger partial charge in [-0.25, -0.2) is 0 Å². The Kier molecular flexibility index (Phi) is 3.34. The van der Waals surface area contributed by atoms with Gasteiger partial charge in [0.15, 0.2) is 0 Å². The second-order valence-corrected chi connectivity index (χ2v) is 4.18. The molecule has 0 aromatic carbocycles. The number of rotatable bonds is 3. The van der Waals surface area contributed by atoms with E-state index in [1.807, 2.05) is 13.8 Å². The van der Waals surface area contributed by atoms with E-state index in [1.54, 1.807) is 0 Å². The van der Waals surface area contributed by atoms with Crippen LogP contribution in [0.4, 0.5) is 0 Å². The summed E-state index contributed by atoms with van der Waals surface area (Å²) in [6, 6.07) is 4.19. The topological polar surface area (TPSA) is 34.1 Å². The number of aromatic nitrogens is 1. The lowest BCUT2D eigenvalue weighted by molar-refractivity contribution is 0.0541. The smallest absolute Gasteiger partial charge is 0.0722 e. The van der Waals surface area contributed by atoms with Crippen LogP contribution in [0.5, 0.6) is 0 Å². The van der Waals surface area contributed by atoms with E-state index >= 15 is 0 Å². The summed E-state index contributed by atoms with van der Waals surface area (Å²) in [6.07, 6.45) is 1.52. The Balaban J connectivity index is 1.92. The van der Waals surface area contributed by atoms with Gasteiger partial charge in [-0.2, -0.15) is 0 Å². The maximum absolute atomic E-state index is 5.81. The molecule has 82 valence electrons. The zero-order chi connectivity index (χ0) is 10.7. The summed E-state index contributed by atoms with van der Waals surface area (Å²) in [4.78, 5) is 4.35. The maximum Gasteiger partial charge on any atom is 0.0722 e. The molecular weight excluding hydrogens is 188 g/mol. The Morgan fingerprint density at radius 2 is 2.13 bits per heavy atom. The summed E-state index contributed by atoms with van der Waals surface area (Å²) in [5.41, 5.74) is 3.36. The fourth-order valence-corrected chi connectivity index (χ4v) is 1.99. The van der Waals surface area contributed by atoms with Crippen LogP contribution < -0.4 is 5.32 Å². The lowest BCUT2D eigenvalue weighted by atomic mass is 10.2. The zero-order valence-corrected chi connectivity index (χ0v) is 9.42. The van der Waals surface area contributed by atoms with Crippen LogP contribution in [0.25, 0.3) is 0 Å². The van der Waals surface area contributed by atoms with Crippen molar-refractivity contribution in [2.45, 2.75) is 33.0 Å². The van der Waals surface area contributed by atoms with Crippen LogP contribution in [-0.4, -0.2) is 24.2 Å². The van der Waals surface area contributed by atoms with Gasteiger partial charge in [0, 0.05) is 17.9 Å². The third-order valence-corrected chi connectivity index (χ3v) is 2.64. The minimum Gasteiger partial charge on any atom is -0.372 e. The number of ether oxygens (including phenoxy) is 1. The van der Waals surface area contributed by atoms with Gasteiger partial charge in [0.1, 0.15) is 0 Å². The van der Waals surface area contributed by atoms with E-state index < -0.39 is 0 Å². The quantitative estimate of drug-likeness (QED) is 0.815. The lowest BCUT2D eigenvalue weighted by Gasteiger charge is -2.11. The Bertz CT molecular complexity index is 312. The van der Waals surface area contributed by atoms with E-state index in [-0.39, 0.29) is 0 Å². The van der Waals surface area contributed by atoms with Gasteiger partial charge in [-0.05, 0) is 44.5 Å². The predicted octanol–water partition coefficient (Wildman–Crippen LogP) is 1.58. The van der Waals surface area contributed by atoms with E-state index in [1.165, 1.54) is 5.56 Å². The molecule has 1 aliphatic rings. The largest absolute Gasteiger partial charge is 0.372 e. The Hall–Kier alpha value is -0.930. The molecular formula is C12H18N2O. The van der Waals surface area contributed by atoms with E-state index in [0.29, 0.717) is 12.7 Å². The molecule has 1 fully saturated rings. The molecule has 1 N–H and O–H groups in total. The van der Waals surface area contributed by atoms with Crippen molar-refractivity contribution in [1.29, 1.82) is 0 Å². The molecule has 0 amide bonds. The van der Waals surface area contributed by atoms with Crippen molar-refractivity contribution in [3.05, 3.63) is 29.1 Å². The molecule has 0 saturated carbocycles. The summed E-state index contributed by atoms with van der Waals surface area (Å²) in [6.45, 7) is 6.82. The van der Waals surface area contributed by atoms with Gasteiger partial charge in [0.2, 0.25) is 0 Å². The normalized spacial score (nSPS) is 20.8. The van der Waals surface area contributed by atoms with E-state index in [9.17, 15) is 0 Å². The van der Waals surface area contributed by atoms with E-state index in [0.717, 1.165) is 30.9 Å². The van der Waals surface area contributed by atoms with Gasteiger partial charge < -0.3 is 10.1 Å². The maximum atomic E-state index is 5.81. The van der Waals surface area contributed by atoms with Gasteiger partial charge in [0.25, 0.3) is 0 Å². The highest BCUT2D eigenvalue weighted by Crippen LogP contribution is 2.10. The van der Waals surface area contributed by atoms with Crippen molar-refractivity contribution in [1.82, 2.24) is 10.3 Å². The van der Waals surface area contributed by atoms with Crippen molar-refractivity contribution >= 4 is 0 Å². The summed E-state index contributed by atoms with van der Waals surface area (Å²) >= 11 is 0. The van der Waals surface area contributed by atoms with E-state index in [2.05, 4.69) is 22.4 Å². The highest BCUT2D eigenvalue weighted by atomic mass is 16.5. The molecule has 3 nitrogen and oxygen atoms in total. The van der Waals surface area contributed by atoms with Gasteiger partial charge in [-0.15, -0.1) is 0 Å². The predicted molar refractivity (Wildman–Crippen MR) is 59.8 cm³/mol. The zero-order valence-electron chi connectivity index (χ0n) is 9.42. The minimum absolute atomic E-state index is 0.388. The average molecular weight is 206 g/mol. The summed E-state index contributed by atoms with van der Waals surface area (Å²) in [5.74, 6) is 0. The van der Waals surface area contributed by atoms with Crippen molar-refractivity contribution in [2.24, 2.45) is 0 Å². The van der Waals surface area contributed by atoms with Crippen LogP contribution in [-0.2, 0) is 11.3 Å². The molecule has 2 heterocycles. The monoisotopic (exact) mass is 206 g/mol. The number of hydrogen-bond donors (Lipinski definition) is 1. The van der Waals surface area contributed by atoms with E-state index in [4.69, 9.17) is 4.74 Å². The first kappa shape index (κ1) is 10.6. The van der Waals surface area contributed by atoms with Crippen molar-refractivity contribution in [3.8, 4) is 0 Å². The molecule has 0 radical (unpaired) electrons. The Morgan fingerprint density at radius 3 is 2.73 bits per heavy atom. The summed E-state index contributed by atoms with van der Waals surface area (Å²) in [7, 11) is 0. The first-order valence-electron chi connectivity index (χ1n) is 5.50. The second kappa shape index (κ2) is 4.73. The fourth-order valence-electron chi connectivity index (χ4n) is 1.99. The van der Waals surface area contributed by atoms with Crippen molar-refractivity contribution in [3.63, 3.8) is 0 Å². The highest BCUT2D eigenvalue weighted by molar-refractivity contribution is 5.19. The summed E-state index contributed by atoms with van der Waals surface area (Å²) < 4.78 is 5.81. The lowest BCUT2D eigenvalue weighted by Crippen LogP contribution is -2.16. The number of hydrogen-bond acceptors (Lipinski definition) is 3. The van der Waals surface area contributed by atoms with Crippen LogP contribution in [0, 0.1) is 13.8 Å². The summed E-state index contributed by atoms with van der Waals surface area (Å²) in [5, 5.41) is 3.29. The third kappa shape index (κ3) is 3.01. The van der Waals surface area contributed by atoms with Crippen molar-refractivity contribution < 1.29 is 4.74 Å². The standard InChI is InChI=1S/C12H18N2O/c1-9-5-11(6-10(2)14-9)8-15-12-3-4-13-7-12/h5-6,12-13H,3-4,7-8H2,1-2H3. The SMILES string of the molecule is Cc1cc(COC2CCNC2)cc(C)n1. The average Bonchev–Trinajstić information content (AvgIpc) is 2.65. The molecule has 1 atom stereocenters. The molecule has 3 heteroatoms. The van der Waals surface area contributed by atoms with Gasteiger partial charge in [-0.1, -0.05) is 0 Å². The molecule has 0 aliphatic carbocycles. The number of aryl methyl sites for hydroxylation is 2.